The Bertz CT molecular complexity index is 1840. The maximum absolute atomic E-state index is 15.0. The van der Waals surface area contributed by atoms with Gasteiger partial charge in [0, 0.05) is 17.3 Å². The third kappa shape index (κ3) is 6.34. The zero-order chi connectivity index (χ0) is 32.3. The molecule has 1 aromatic heterocycles. The Balaban J connectivity index is 2.00. The molecule has 1 unspecified atom stereocenters. The van der Waals surface area contributed by atoms with E-state index in [1.807, 2.05) is 20.8 Å². The lowest BCUT2D eigenvalue weighted by Crippen LogP contribution is -2.36. The van der Waals surface area contributed by atoms with Crippen LogP contribution in [-0.4, -0.2) is 50.0 Å². The molecule has 3 aromatic rings. The second kappa shape index (κ2) is 10.7. The van der Waals surface area contributed by atoms with Crippen molar-refractivity contribution in [3.05, 3.63) is 59.8 Å². The largest absolute Gasteiger partial charge is 0.505 e. The highest BCUT2D eigenvalue weighted by Crippen LogP contribution is 2.52. The summed E-state index contributed by atoms with van der Waals surface area (Å²) < 4.78 is 71.5. The van der Waals surface area contributed by atoms with Crippen LogP contribution in [0.15, 0.2) is 53.3 Å². The van der Waals surface area contributed by atoms with E-state index in [2.05, 4.69) is 30.9 Å². The van der Waals surface area contributed by atoms with Crippen LogP contribution < -0.4 is 19.6 Å². The van der Waals surface area contributed by atoms with Gasteiger partial charge in [-0.3, -0.25) is 4.57 Å². The number of nitrogens with one attached hydrogen (secondary N) is 1. The molecule has 3 N–H and O–H groups in total. The number of fused-ring (bicyclic) bond motifs is 1. The van der Waals surface area contributed by atoms with Crippen LogP contribution in [0.25, 0.3) is 0 Å². The van der Waals surface area contributed by atoms with Gasteiger partial charge in [0.05, 0.1) is 34.9 Å². The van der Waals surface area contributed by atoms with E-state index < -0.39 is 32.8 Å². The molecule has 4 rings (SSSR count). The lowest BCUT2D eigenvalue weighted by molar-refractivity contribution is 0.319. The summed E-state index contributed by atoms with van der Waals surface area (Å²) in [5.41, 5.74) is -0.145. The number of nitrogens with zero attached hydrogens (tertiary/aromatic N) is 3. The van der Waals surface area contributed by atoms with Crippen molar-refractivity contribution < 1.29 is 31.6 Å². The molecule has 11 nitrogen and oxygen atoms in total. The molecule has 1 atom stereocenters. The molecule has 14 heteroatoms. The molecule has 0 bridgehead atoms. The highest BCUT2D eigenvalue weighted by molar-refractivity contribution is 8.09. The van der Waals surface area contributed by atoms with Crippen LogP contribution in [0.2, 0.25) is 0 Å². The number of amidine groups is 1. The zero-order valence-corrected chi connectivity index (χ0v) is 28.1. The molecule has 0 aliphatic carbocycles. The fourth-order valence-corrected chi connectivity index (χ4v) is 10.4. The van der Waals surface area contributed by atoms with Crippen molar-refractivity contribution in [2.75, 3.05) is 21.5 Å². The number of benzene rings is 2. The van der Waals surface area contributed by atoms with Gasteiger partial charge in [-0.1, -0.05) is 59.7 Å². The maximum atomic E-state index is 15.0. The van der Waals surface area contributed by atoms with Crippen molar-refractivity contribution in [3.63, 3.8) is 0 Å². The Morgan fingerprint density at radius 1 is 0.930 bits per heavy atom. The van der Waals surface area contributed by atoms with Crippen molar-refractivity contribution in [2.24, 2.45) is 10.2 Å². The Morgan fingerprint density at radius 3 is 2.02 bits per heavy atom. The minimum Gasteiger partial charge on any atom is -0.505 e. The number of sulfonamides is 2. The van der Waals surface area contributed by atoms with Gasteiger partial charge in [0.1, 0.15) is 11.4 Å². The lowest BCUT2D eigenvalue weighted by atomic mass is 9.89. The average Bonchev–Trinajstić information content (AvgIpc) is 3.10. The third-order valence-electron chi connectivity index (χ3n) is 6.96. The molecule has 1 aliphatic heterocycles. The van der Waals surface area contributed by atoms with E-state index in [0.29, 0.717) is 24.0 Å². The fraction of sp³-hybridized carbons (Fsp3) is 0.414. The van der Waals surface area contributed by atoms with E-state index in [1.165, 1.54) is 18.2 Å². The Kier molecular flexibility index (Phi) is 8.13. The molecule has 2 heterocycles. The van der Waals surface area contributed by atoms with E-state index in [4.69, 9.17) is 0 Å². The molecule has 0 spiro atoms. The van der Waals surface area contributed by atoms with Gasteiger partial charge in [0.25, 0.3) is 7.29 Å². The van der Waals surface area contributed by atoms with Crippen molar-refractivity contribution >= 4 is 55.2 Å². The zero-order valence-electron chi connectivity index (χ0n) is 25.6. The van der Waals surface area contributed by atoms with E-state index >= 15 is 0 Å². The minimum atomic E-state index is -4.27. The van der Waals surface area contributed by atoms with Crippen LogP contribution in [0.4, 0.5) is 11.4 Å². The maximum Gasteiger partial charge on any atom is 0.251 e. The lowest BCUT2D eigenvalue weighted by Gasteiger charge is -2.28. The first kappa shape index (κ1) is 32.6. The van der Waals surface area contributed by atoms with Crippen molar-refractivity contribution in [2.45, 2.75) is 59.9 Å². The van der Waals surface area contributed by atoms with Crippen LogP contribution >= 0.6 is 7.29 Å². The Morgan fingerprint density at radius 2 is 1.51 bits per heavy atom. The summed E-state index contributed by atoms with van der Waals surface area (Å²) in [5, 5.41) is 26.5. The highest BCUT2D eigenvalue weighted by atomic mass is 32.3. The van der Waals surface area contributed by atoms with Gasteiger partial charge in [-0.05, 0) is 42.2 Å². The number of hydrogen-bond acceptors (Lipinski definition) is 8. The predicted molar refractivity (Wildman–Crippen MR) is 173 cm³/mol. The summed E-state index contributed by atoms with van der Waals surface area (Å²) in [6, 6.07) is 12.2. The van der Waals surface area contributed by atoms with Gasteiger partial charge >= 0.3 is 0 Å². The summed E-state index contributed by atoms with van der Waals surface area (Å²) >= 11 is 0. The first-order valence-electron chi connectivity index (χ1n) is 13.6. The minimum absolute atomic E-state index is 0.0152. The van der Waals surface area contributed by atoms with Gasteiger partial charge in [0.2, 0.25) is 25.9 Å². The van der Waals surface area contributed by atoms with E-state index in [-0.39, 0.29) is 48.8 Å². The normalized spacial score (nSPS) is 17.6. The second-order valence-electron chi connectivity index (χ2n) is 13.0. The predicted octanol–water partition coefficient (Wildman–Crippen LogP) is 4.46. The first-order valence-corrected chi connectivity index (χ1v) is 18.9. The summed E-state index contributed by atoms with van der Waals surface area (Å²) in [6.07, 6.45) is 2.23. The number of rotatable bonds is 7. The number of anilines is 2. The third-order valence-corrected chi connectivity index (χ3v) is 12.7. The number of aromatic hydroxyl groups is 2. The SMILES string of the molecule is CC(C)(C)CCn1c(O)c(C2=NP(=O)(c3ccccc3)c3cc(N(S(C)(=O)=O)S(C)(=O)=O)ccc3N2)c(O)c1C(C)(C)C. The molecular formula is C29H39N4O7PS2. The first-order chi connectivity index (χ1) is 19.6. The molecule has 1 aliphatic rings. The van der Waals surface area contributed by atoms with Gasteiger partial charge < -0.3 is 20.1 Å². The Hall–Kier alpha value is -3.28. The molecular weight excluding hydrogens is 611 g/mol. The van der Waals surface area contributed by atoms with Crippen molar-refractivity contribution in [1.82, 2.24) is 4.57 Å². The standard InChI is InChI=1S/C29H39N4O7PS2/c1-28(2,3)16-17-32-25(29(4,5)6)24(34)23(27(32)35)26-30-21-15-14-19(33(42(7,37)38)43(8,39)40)18-22(21)41(36,31-26)20-12-10-9-11-13-20/h9-15,18,34-35H,16-17H2,1-8H3,(H,30,31,36). The molecule has 0 saturated heterocycles. The highest BCUT2D eigenvalue weighted by Gasteiger charge is 2.40. The van der Waals surface area contributed by atoms with Crippen LogP contribution in [-0.2, 0) is 36.6 Å². The van der Waals surface area contributed by atoms with Crippen molar-refractivity contribution in [1.29, 1.82) is 0 Å². The molecule has 2 aromatic carbocycles. The van der Waals surface area contributed by atoms with E-state index in [9.17, 15) is 31.6 Å². The molecule has 234 valence electrons. The van der Waals surface area contributed by atoms with Gasteiger partial charge in [-0.25, -0.2) is 16.8 Å². The van der Waals surface area contributed by atoms with Crippen LogP contribution in [0.1, 0.15) is 59.2 Å². The fourth-order valence-electron chi connectivity index (χ4n) is 5.14. The average molecular weight is 651 g/mol. The topological polar surface area (TPSA) is 158 Å². The summed E-state index contributed by atoms with van der Waals surface area (Å²) in [6.45, 7) is 12.4. The van der Waals surface area contributed by atoms with E-state index in [0.717, 1.165) is 12.5 Å². The van der Waals surface area contributed by atoms with Crippen molar-refractivity contribution in [3.8, 4) is 11.6 Å². The van der Waals surface area contributed by atoms with Gasteiger partial charge in [0.15, 0.2) is 5.75 Å². The van der Waals surface area contributed by atoms with Gasteiger partial charge in [-0.2, -0.15) is 8.47 Å². The molecule has 43 heavy (non-hydrogen) atoms. The number of hydrogen-bond donors (Lipinski definition) is 3. The Labute approximate surface area is 253 Å². The molecule has 0 radical (unpaired) electrons. The van der Waals surface area contributed by atoms with Gasteiger partial charge in [-0.15, -0.1) is 0 Å². The van der Waals surface area contributed by atoms with Crippen LogP contribution in [0, 0.1) is 5.41 Å². The monoisotopic (exact) mass is 650 g/mol. The quantitative estimate of drug-likeness (QED) is 0.316. The van der Waals surface area contributed by atoms with Crippen LogP contribution in [0.5, 0.6) is 11.6 Å². The van der Waals surface area contributed by atoms with E-state index in [1.54, 1.807) is 34.9 Å². The van der Waals surface area contributed by atoms with Crippen LogP contribution in [0.3, 0.4) is 0 Å². The number of aromatic nitrogens is 1. The summed E-state index contributed by atoms with van der Waals surface area (Å²) in [5.74, 6) is -0.478. The second-order valence-corrected chi connectivity index (χ2v) is 19.3. The molecule has 0 amide bonds. The summed E-state index contributed by atoms with van der Waals surface area (Å²) in [7, 11) is -12.5. The summed E-state index contributed by atoms with van der Waals surface area (Å²) in [4.78, 5) is 0. The molecule has 0 fully saturated rings. The molecule has 0 saturated carbocycles. The smallest absolute Gasteiger partial charge is 0.251 e.